The topological polar surface area (TPSA) is 29.9 Å². The van der Waals surface area contributed by atoms with E-state index in [-0.39, 0.29) is 0 Å². The van der Waals surface area contributed by atoms with E-state index in [9.17, 15) is 0 Å². The van der Waals surface area contributed by atoms with Crippen molar-refractivity contribution in [1.29, 1.82) is 0 Å². The molecule has 0 aromatic carbocycles. The van der Waals surface area contributed by atoms with E-state index >= 15 is 0 Å². The van der Waals surface area contributed by atoms with E-state index in [4.69, 9.17) is 11.6 Å². The Balaban J connectivity index is 2.55. The third kappa shape index (κ3) is 5.99. The summed E-state index contributed by atoms with van der Waals surface area (Å²) in [5, 5.41) is 8.99. The van der Waals surface area contributed by atoms with Crippen LogP contribution in [-0.2, 0) is 19.9 Å². The predicted molar refractivity (Wildman–Crippen MR) is 92.1 cm³/mol. The highest BCUT2D eigenvalue weighted by molar-refractivity contribution is 6.31. The highest BCUT2D eigenvalue weighted by Crippen LogP contribution is 2.23. The maximum Gasteiger partial charge on any atom is 0.0850 e. The quantitative estimate of drug-likeness (QED) is 0.609. The Morgan fingerprint density at radius 2 is 1.86 bits per heavy atom. The van der Waals surface area contributed by atoms with Crippen LogP contribution < -0.4 is 5.32 Å². The summed E-state index contributed by atoms with van der Waals surface area (Å²) in [6.45, 7) is 7.55. The molecular weight excluding hydrogens is 282 g/mol. The second-order valence-electron chi connectivity index (χ2n) is 5.85. The largest absolute Gasteiger partial charge is 0.314 e. The van der Waals surface area contributed by atoms with Gasteiger partial charge in [0.15, 0.2) is 0 Å². The number of aryl methyl sites for hydroxylation is 2. The number of likely N-dealkylation sites (N-methyl/N-ethyl adjacent to an activating group) is 1. The van der Waals surface area contributed by atoms with Gasteiger partial charge in [-0.25, -0.2) is 0 Å². The minimum Gasteiger partial charge on any atom is -0.314 e. The van der Waals surface area contributed by atoms with Crippen LogP contribution in [0.25, 0.3) is 0 Å². The molecule has 0 saturated carbocycles. The molecule has 1 atom stereocenters. The molecule has 0 aliphatic heterocycles. The molecule has 1 N–H and O–H groups in total. The third-order valence-electron chi connectivity index (χ3n) is 4.09. The number of nitrogens with zero attached hydrogens (tertiary/aromatic N) is 2. The monoisotopic (exact) mass is 313 g/mol. The molecule has 122 valence electrons. The van der Waals surface area contributed by atoms with Gasteiger partial charge < -0.3 is 5.32 Å². The molecule has 0 aliphatic rings. The summed E-state index contributed by atoms with van der Waals surface area (Å²) in [6.07, 6.45) is 9.77. The van der Waals surface area contributed by atoms with Crippen molar-refractivity contribution in [2.45, 2.75) is 78.2 Å². The highest BCUT2D eigenvalue weighted by Gasteiger charge is 2.17. The Bertz CT molecular complexity index is 401. The van der Waals surface area contributed by atoms with Crippen molar-refractivity contribution in [3.63, 3.8) is 0 Å². The summed E-state index contributed by atoms with van der Waals surface area (Å²) in [7, 11) is 2.00. The molecule has 0 fully saturated rings. The van der Waals surface area contributed by atoms with E-state index in [1.807, 2.05) is 11.7 Å². The lowest BCUT2D eigenvalue weighted by atomic mass is 10.0. The van der Waals surface area contributed by atoms with E-state index in [2.05, 4.69) is 31.2 Å². The van der Waals surface area contributed by atoms with Crippen LogP contribution in [0.3, 0.4) is 0 Å². The summed E-state index contributed by atoms with van der Waals surface area (Å²) in [6, 6.07) is 0.509. The molecule has 1 unspecified atom stereocenters. The molecule has 1 aromatic heterocycles. The minimum atomic E-state index is 0.509. The van der Waals surface area contributed by atoms with E-state index in [0.717, 1.165) is 30.1 Å². The molecule has 0 radical (unpaired) electrons. The van der Waals surface area contributed by atoms with Gasteiger partial charge in [0.05, 0.1) is 16.4 Å². The van der Waals surface area contributed by atoms with Crippen molar-refractivity contribution in [2.75, 3.05) is 6.54 Å². The number of hydrogen-bond donors (Lipinski definition) is 1. The van der Waals surface area contributed by atoms with E-state index < -0.39 is 0 Å². The van der Waals surface area contributed by atoms with Gasteiger partial charge in [-0.05, 0) is 19.4 Å². The lowest BCUT2D eigenvalue weighted by molar-refractivity contribution is 0.451. The van der Waals surface area contributed by atoms with Crippen LogP contribution in [0.15, 0.2) is 0 Å². The number of unbranched alkanes of at least 4 members (excludes halogenated alkanes) is 4. The van der Waals surface area contributed by atoms with Gasteiger partial charge in [-0.15, -0.1) is 0 Å². The van der Waals surface area contributed by atoms with Crippen LogP contribution in [-0.4, -0.2) is 22.4 Å². The molecule has 0 bridgehead atoms. The van der Waals surface area contributed by atoms with E-state index in [0.29, 0.717) is 6.04 Å². The lowest BCUT2D eigenvalue weighted by Crippen LogP contribution is -2.31. The molecule has 0 amide bonds. The smallest absolute Gasteiger partial charge is 0.0850 e. The van der Waals surface area contributed by atoms with Crippen molar-refractivity contribution >= 4 is 11.6 Å². The van der Waals surface area contributed by atoms with Crippen LogP contribution in [0, 0.1) is 0 Å². The second-order valence-corrected chi connectivity index (χ2v) is 6.22. The van der Waals surface area contributed by atoms with Crippen LogP contribution in [0.4, 0.5) is 0 Å². The first-order valence-electron chi connectivity index (χ1n) is 8.57. The van der Waals surface area contributed by atoms with Crippen LogP contribution >= 0.6 is 11.6 Å². The zero-order valence-corrected chi connectivity index (χ0v) is 15.0. The number of halogens is 1. The molecule has 0 aliphatic carbocycles. The molecule has 3 nitrogen and oxygen atoms in total. The summed E-state index contributed by atoms with van der Waals surface area (Å²) < 4.78 is 1.96. The summed E-state index contributed by atoms with van der Waals surface area (Å²) in [4.78, 5) is 0. The van der Waals surface area contributed by atoms with Gasteiger partial charge in [0.2, 0.25) is 0 Å². The maximum absolute atomic E-state index is 6.47. The van der Waals surface area contributed by atoms with Crippen LogP contribution in [0.2, 0.25) is 5.02 Å². The average molecular weight is 314 g/mol. The van der Waals surface area contributed by atoms with Gasteiger partial charge in [-0.3, -0.25) is 4.68 Å². The van der Waals surface area contributed by atoms with Gasteiger partial charge in [0.1, 0.15) is 0 Å². The minimum absolute atomic E-state index is 0.509. The lowest BCUT2D eigenvalue weighted by Gasteiger charge is -2.18. The van der Waals surface area contributed by atoms with E-state index in [1.54, 1.807) is 0 Å². The molecule has 4 heteroatoms. The Kier molecular flexibility index (Phi) is 9.02. The van der Waals surface area contributed by atoms with Crippen molar-refractivity contribution in [1.82, 2.24) is 15.1 Å². The Hall–Kier alpha value is -0.540. The van der Waals surface area contributed by atoms with Crippen LogP contribution in [0.5, 0.6) is 0 Å². The van der Waals surface area contributed by atoms with E-state index in [1.165, 1.54) is 44.2 Å². The Labute approximate surface area is 135 Å². The Morgan fingerprint density at radius 3 is 2.43 bits per heavy atom. The zero-order chi connectivity index (χ0) is 15.7. The van der Waals surface area contributed by atoms with Gasteiger partial charge in [0, 0.05) is 19.5 Å². The van der Waals surface area contributed by atoms with Crippen molar-refractivity contribution in [2.24, 2.45) is 7.05 Å². The molecule has 1 aromatic rings. The number of nitrogens with one attached hydrogen (secondary N) is 1. The first-order valence-corrected chi connectivity index (χ1v) is 8.95. The van der Waals surface area contributed by atoms with Crippen molar-refractivity contribution in [3.8, 4) is 0 Å². The molecule has 1 rings (SSSR count). The Morgan fingerprint density at radius 1 is 1.14 bits per heavy atom. The second kappa shape index (κ2) is 10.2. The fourth-order valence-electron chi connectivity index (χ4n) is 2.83. The van der Waals surface area contributed by atoms with Crippen molar-refractivity contribution < 1.29 is 0 Å². The van der Waals surface area contributed by atoms with Gasteiger partial charge in [-0.1, -0.05) is 64.5 Å². The molecule has 0 spiro atoms. The van der Waals surface area contributed by atoms with Gasteiger partial charge >= 0.3 is 0 Å². The van der Waals surface area contributed by atoms with Gasteiger partial charge in [-0.2, -0.15) is 5.10 Å². The molecule has 0 saturated heterocycles. The van der Waals surface area contributed by atoms with Crippen molar-refractivity contribution in [3.05, 3.63) is 16.4 Å². The van der Waals surface area contributed by atoms with Gasteiger partial charge in [0.25, 0.3) is 0 Å². The fraction of sp³-hybridized carbons (Fsp3) is 0.824. The average Bonchev–Trinajstić information content (AvgIpc) is 2.74. The predicted octanol–water partition coefficient (Wildman–Crippen LogP) is 4.52. The number of rotatable bonds is 11. The standard InChI is InChI=1S/C17H32ClN3/c1-5-8-9-10-11-12-14(19-7-3)13-16-17(18)15(6-2)20-21(16)4/h14,19H,5-13H2,1-4H3. The number of aromatic nitrogens is 2. The first kappa shape index (κ1) is 18.5. The molecule has 21 heavy (non-hydrogen) atoms. The normalized spacial score (nSPS) is 12.8. The van der Waals surface area contributed by atoms with Crippen LogP contribution in [0.1, 0.15) is 70.7 Å². The zero-order valence-electron chi connectivity index (χ0n) is 14.2. The maximum atomic E-state index is 6.47. The summed E-state index contributed by atoms with van der Waals surface area (Å²) >= 11 is 6.47. The highest BCUT2D eigenvalue weighted by atomic mass is 35.5. The SMILES string of the molecule is CCCCCCCC(Cc1c(Cl)c(CC)nn1C)NCC. The summed E-state index contributed by atoms with van der Waals surface area (Å²) in [5.74, 6) is 0. The first-order chi connectivity index (χ1) is 10.1. The third-order valence-corrected chi connectivity index (χ3v) is 4.53. The fourth-order valence-corrected chi connectivity index (χ4v) is 3.21. The summed E-state index contributed by atoms with van der Waals surface area (Å²) in [5.41, 5.74) is 2.19. The molecular formula is C17H32ClN3. The number of hydrogen-bond acceptors (Lipinski definition) is 2. The molecule has 1 heterocycles.